The van der Waals surface area contributed by atoms with Gasteiger partial charge in [0.1, 0.15) is 23.5 Å². The van der Waals surface area contributed by atoms with E-state index in [4.69, 9.17) is 13.9 Å². The molecule has 136 valence electrons. The molecule has 1 saturated heterocycles. The SMILES string of the molecule is CC1(C)OC[C@H]([C@H](c2cc3ccccc3o2)N(O)Cc2ccccc2)O1. The van der Waals surface area contributed by atoms with E-state index in [1.807, 2.05) is 74.5 Å². The van der Waals surface area contributed by atoms with Gasteiger partial charge in [0.15, 0.2) is 5.79 Å². The first kappa shape index (κ1) is 17.2. The summed E-state index contributed by atoms with van der Waals surface area (Å²) in [6.07, 6.45) is -0.334. The van der Waals surface area contributed by atoms with Crippen molar-refractivity contribution in [2.24, 2.45) is 0 Å². The molecule has 5 nitrogen and oxygen atoms in total. The Kier molecular flexibility index (Phi) is 4.54. The Morgan fingerprint density at radius 2 is 1.85 bits per heavy atom. The molecule has 0 saturated carbocycles. The van der Waals surface area contributed by atoms with Crippen molar-refractivity contribution >= 4 is 11.0 Å². The molecule has 1 aliphatic rings. The fourth-order valence-corrected chi connectivity index (χ4v) is 3.41. The first-order valence-corrected chi connectivity index (χ1v) is 8.81. The maximum atomic E-state index is 10.9. The number of nitrogens with zero attached hydrogens (tertiary/aromatic N) is 1. The average molecular weight is 353 g/mol. The Morgan fingerprint density at radius 3 is 2.54 bits per heavy atom. The van der Waals surface area contributed by atoms with Gasteiger partial charge in [0, 0.05) is 11.9 Å². The molecule has 3 aromatic rings. The van der Waals surface area contributed by atoms with Crippen LogP contribution in [0.4, 0.5) is 0 Å². The van der Waals surface area contributed by atoms with Gasteiger partial charge in [0.05, 0.1) is 6.61 Å². The predicted octanol–water partition coefficient (Wildman–Crippen LogP) is 4.52. The number of hydroxylamine groups is 2. The predicted molar refractivity (Wildman–Crippen MR) is 97.6 cm³/mol. The zero-order valence-electron chi connectivity index (χ0n) is 15.0. The van der Waals surface area contributed by atoms with Crippen LogP contribution in [-0.4, -0.2) is 28.8 Å². The van der Waals surface area contributed by atoms with E-state index in [1.165, 1.54) is 5.06 Å². The van der Waals surface area contributed by atoms with E-state index in [1.54, 1.807) is 0 Å². The molecule has 0 unspecified atom stereocenters. The van der Waals surface area contributed by atoms with Crippen LogP contribution in [0, 0.1) is 0 Å². The van der Waals surface area contributed by atoms with Crippen molar-refractivity contribution < 1.29 is 19.1 Å². The second kappa shape index (κ2) is 6.85. The molecule has 1 aliphatic heterocycles. The molecular formula is C21H23NO4. The van der Waals surface area contributed by atoms with E-state index >= 15 is 0 Å². The first-order valence-electron chi connectivity index (χ1n) is 8.81. The molecule has 2 heterocycles. The van der Waals surface area contributed by atoms with Crippen molar-refractivity contribution in [2.45, 2.75) is 38.3 Å². The van der Waals surface area contributed by atoms with Crippen LogP contribution in [0.3, 0.4) is 0 Å². The van der Waals surface area contributed by atoms with Crippen molar-refractivity contribution in [3.05, 3.63) is 72.0 Å². The molecule has 4 rings (SSSR count). The molecule has 1 aromatic heterocycles. The van der Waals surface area contributed by atoms with E-state index in [0.29, 0.717) is 18.9 Å². The first-order chi connectivity index (χ1) is 12.5. The van der Waals surface area contributed by atoms with E-state index in [-0.39, 0.29) is 6.10 Å². The molecule has 26 heavy (non-hydrogen) atoms. The Hall–Kier alpha value is -2.18. The van der Waals surface area contributed by atoms with Crippen molar-refractivity contribution in [2.75, 3.05) is 6.61 Å². The van der Waals surface area contributed by atoms with E-state index < -0.39 is 11.8 Å². The summed E-state index contributed by atoms with van der Waals surface area (Å²) >= 11 is 0. The molecule has 0 radical (unpaired) electrons. The lowest BCUT2D eigenvalue weighted by Crippen LogP contribution is -2.36. The zero-order valence-corrected chi connectivity index (χ0v) is 15.0. The second-order valence-corrected chi connectivity index (χ2v) is 7.08. The Labute approximate surface area is 152 Å². The van der Waals surface area contributed by atoms with Gasteiger partial charge in [-0.25, -0.2) is 0 Å². The molecule has 5 heteroatoms. The highest BCUT2D eigenvalue weighted by Gasteiger charge is 2.42. The highest BCUT2D eigenvalue weighted by molar-refractivity contribution is 5.77. The largest absolute Gasteiger partial charge is 0.459 e. The molecule has 2 atom stereocenters. The van der Waals surface area contributed by atoms with Crippen LogP contribution in [0.1, 0.15) is 31.2 Å². The van der Waals surface area contributed by atoms with Gasteiger partial charge < -0.3 is 19.1 Å². The lowest BCUT2D eigenvalue weighted by atomic mass is 10.1. The number of fused-ring (bicyclic) bond motifs is 1. The van der Waals surface area contributed by atoms with E-state index in [0.717, 1.165) is 16.5 Å². The minimum atomic E-state index is -0.678. The fourth-order valence-electron chi connectivity index (χ4n) is 3.41. The molecule has 0 bridgehead atoms. The van der Waals surface area contributed by atoms with Gasteiger partial charge >= 0.3 is 0 Å². The topological polar surface area (TPSA) is 55.1 Å². The van der Waals surface area contributed by atoms with Crippen LogP contribution in [0.15, 0.2) is 65.1 Å². The summed E-state index contributed by atoms with van der Waals surface area (Å²) in [6, 6.07) is 19.1. The number of para-hydroxylation sites is 1. The summed E-state index contributed by atoms with van der Waals surface area (Å²) < 4.78 is 17.8. The van der Waals surface area contributed by atoms with Crippen LogP contribution < -0.4 is 0 Å². The molecule has 0 spiro atoms. The monoisotopic (exact) mass is 353 g/mol. The second-order valence-electron chi connectivity index (χ2n) is 7.08. The van der Waals surface area contributed by atoms with Crippen LogP contribution in [0.5, 0.6) is 0 Å². The highest BCUT2D eigenvalue weighted by atomic mass is 16.7. The fraction of sp³-hybridized carbons (Fsp3) is 0.333. The minimum Gasteiger partial charge on any atom is -0.459 e. The summed E-state index contributed by atoms with van der Waals surface area (Å²) in [5.41, 5.74) is 1.80. The van der Waals surface area contributed by atoms with Gasteiger partial charge in [-0.2, -0.15) is 5.06 Å². The lowest BCUT2D eigenvalue weighted by Gasteiger charge is -2.29. The van der Waals surface area contributed by atoms with Gasteiger partial charge in [0.25, 0.3) is 0 Å². The molecular weight excluding hydrogens is 330 g/mol. The lowest BCUT2D eigenvalue weighted by molar-refractivity contribution is -0.194. The Bertz CT molecular complexity index is 841. The van der Waals surface area contributed by atoms with Gasteiger partial charge in [-0.3, -0.25) is 0 Å². The number of rotatable bonds is 5. The van der Waals surface area contributed by atoms with Crippen molar-refractivity contribution in [1.82, 2.24) is 5.06 Å². The summed E-state index contributed by atoms with van der Waals surface area (Å²) in [5.74, 6) is -0.0152. The van der Waals surface area contributed by atoms with Crippen LogP contribution in [-0.2, 0) is 16.0 Å². The number of hydrogen-bond acceptors (Lipinski definition) is 5. The third-order valence-electron chi connectivity index (χ3n) is 4.63. The minimum absolute atomic E-state index is 0.334. The molecule has 1 N–H and O–H groups in total. The maximum absolute atomic E-state index is 10.9. The standard InChI is InChI=1S/C21H23NO4/c1-21(2)24-14-19(26-21)20(22(23)13-15-8-4-3-5-9-15)18-12-16-10-6-7-11-17(16)25-18/h3-12,19-20,23H,13-14H2,1-2H3/t19-,20+/m1/s1. The number of ether oxygens (including phenoxy) is 2. The third kappa shape index (κ3) is 3.52. The smallest absolute Gasteiger partial charge is 0.163 e. The number of furan rings is 1. The summed E-state index contributed by atoms with van der Waals surface area (Å²) in [6.45, 7) is 4.51. The Balaban J connectivity index is 1.67. The van der Waals surface area contributed by atoms with Gasteiger partial charge in [-0.1, -0.05) is 48.5 Å². The zero-order chi connectivity index (χ0) is 18.1. The van der Waals surface area contributed by atoms with Crippen molar-refractivity contribution in [1.29, 1.82) is 0 Å². The summed E-state index contributed by atoms with van der Waals surface area (Å²) in [7, 11) is 0. The van der Waals surface area contributed by atoms with Crippen LogP contribution in [0.25, 0.3) is 11.0 Å². The highest BCUT2D eigenvalue weighted by Crippen LogP contribution is 2.36. The van der Waals surface area contributed by atoms with Crippen LogP contribution >= 0.6 is 0 Å². The van der Waals surface area contributed by atoms with Crippen molar-refractivity contribution in [3.63, 3.8) is 0 Å². The summed E-state index contributed by atoms with van der Waals surface area (Å²) in [5, 5.41) is 13.2. The third-order valence-corrected chi connectivity index (χ3v) is 4.63. The average Bonchev–Trinajstić information content (AvgIpc) is 3.19. The van der Waals surface area contributed by atoms with Gasteiger partial charge in [0.2, 0.25) is 0 Å². The molecule has 0 aliphatic carbocycles. The number of hydrogen-bond donors (Lipinski definition) is 1. The van der Waals surface area contributed by atoms with Crippen molar-refractivity contribution in [3.8, 4) is 0 Å². The normalized spacial score (nSPS) is 20.7. The van der Waals surface area contributed by atoms with Gasteiger partial charge in [-0.05, 0) is 31.5 Å². The van der Waals surface area contributed by atoms with Gasteiger partial charge in [-0.15, -0.1) is 0 Å². The Morgan fingerprint density at radius 1 is 1.12 bits per heavy atom. The molecule has 2 aromatic carbocycles. The summed E-state index contributed by atoms with van der Waals surface area (Å²) in [4.78, 5) is 0. The molecule has 1 fully saturated rings. The van der Waals surface area contributed by atoms with Crippen LogP contribution in [0.2, 0.25) is 0 Å². The molecule has 0 amide bonds. The van der Waals surface area contributed by atoms with E-state index in [2.05, 4.69) is 0 Å². The van der Waals surface area contributed by atoms with E-state index in [9.17, 15) is 5.21 Å². The maximum Gasteiger partial charge on any atom is 0.163 e. The quantitative estimate of drug-likeness (QED) is 0.684. The number of benzene rings is 2.